The zero-order valence-electron chi connectivity index (χ0n) is 11.3. The Bertz CT molecular complexity index is 665. The van der Waals surface area contributed by atoms with Gasteiger partial charge in [0.15, 0.2) is 0 Å². The summed E-state index contributed by atoms with van der Waals surface area (Å²) in [5, 5.41) is 12.2. The van der Waals surface area contributed by atoms with Gasteiger partial charge in [-0.1, -0.05) is 6.07 Å². The van der Waals surface area contributed by atoms with Crippen LogP contribution in [-0.2, 0) is 10.0 Å². The minimum Gasteiger partial charge on any atom is -0.316 e. The second kappa shape index (κ2) is 4.85. The first-order chi connectivity index (χ1) is 9.54. The minimum absolute atomic E-state index is 0.00532. The molecule has 106 valence electrons. The van der Waals surface area contributed by atoms with E-state index in [1.54, 1.807) is 22.5 Å². The van der Waals surface area contributed by atoms with E-state index in [4.69, 9.17) is 5.26 Å². The Hall–Kier alpha value is -1.42. The quantitative estimate of drug-likeness (QED) is 0.874. The number of nitrogens with zero attached hydrogens (tertiary/aromatic N) is 2. The predicted molar refractivity (Wildman–Crippen MR) is 74.4 cm³/mol. The molecule has 0 aliphatic carbocycles. The van der Waals surface area contributed by atoms with Crippen LogP contribution in [0.1, 0.15) is 12.5 Å². The fraction of sp³-hybridized carbons (Fsp3) is 0.500. The first kappa shape index (κ1) is 13.6. The van der Waals surface area contributed by atoms with E-state index in [0.717, 1.165) is 13.1 Å². The van der Waals surface area contributed by atoms with E-state index in [9.17, 15) is 8.42 Å². The summed E-state index contributed by atoms with van der Waals surface area (Å²) in [6.45, 7) is 4.32. The van der Waals surface area contributed by atoms with E-state index in [2.05, 4.69) is 5.32 Å². The highest BCUT2D eigenvalue weighted by atomic mass is 32.2. The van der Waals surface area contributed by atoms with E-state index >= 15 is 0 Å². The van der Waals surface area contributed by atoms with Crippen LogP contribution in [0.3, 0.4) is 0 Å². The Balaban J connectivity index is 1.94. The maximum Gasteiger partial charge on any atom is 0.243 e. The Morgan fingerprint density at radius 2 is 2.20 bits per heavy atom. The van der Waals surface area contributed by atoms with Crippen LogP contribution in [0.25, 0.3) is 0 Å². The largest absolute Gasteiger partial charge is 0.316 e. The van der Waals surface area contributed by atoms with Gasteiger partial charge in [-0.3, -0.25) is 0 Å². The summed E-state index contributed by atoms with van der Waals surface area (Å²) in [5.74, 6) is 0.794. The number of nitriles is 1. The molecule has 0 amide bonds. The van der Waals surface area contributed by atoms with E-state index in [-0.39, 0.29) is 10.9 Å². The molecule has 2 aliphatic rings. The topological polar surface area (TPSA) is 73.2 Å². The molecule has 2 saturated heterocycles. The molecular formula is C14H17N3O2S. The average Bonchev–Trinajstić information content (AvgIpc) is 3.02. The van der Waals surface area contributed by atoms with Crippen molar-refractivity contribution in [2.24, 2.45) is 11.8 Å². The standard InChI is InChI=1S/C14H17N3O2S/c1-10-14-8-16-7-12(14)9-17(10)20(18,19)13-4-2-3-11(5-13)6-15/h2-5,10,12,14,16H,7-9H2,1H3. The molecule has 2 heterocycles. The van der Waals surface area contributed by atoms with Crippen molar-refractivity contribution in [3.63, 3.8) is 0 Å². The molecule has 3 atom stereocenters. The summed E-state index contributed by atoms with van der Waals surface area (Å²) in [7, 11) is -3.51. The molecule has 5 nitrogen and oxygen atoms in total. The van der Waals surface area contributed by atoms with Crippen molar-refractivity contribution in [1.29, 1.82) is 5.26 Å². The van der Waals surface area contributed by atoms with Crippen LogP contribution >= 0.6 is 0 Å². The number of hydrogen-bond donors (Lipinski definition) is 1. The summed E-state index contributed by atoms with van der Waals surface area (Å²) in [6, 6.07) is 8.25. The fourth-order valence-electron chi connectivity index (χ4n) is 3.31. The third-order valence-corrected chi connectivity index (χ3v) is 6.40. The molecule has 3 unspecified atom stereocenters. The number of hydrogen-bond acceptors (Lipinski definition) is 4. The molecule has 3 rings (SSSR count). The number of rotatable bonds is 2. The van der Waals surface area contributed by atoms with E-state index < -0.39 is 10.0 Å². The maximum atomic E-state index is 12.7. The van der Waals surface area contributed by atoms with Gasteiger partial charge >= 0.3 is 0 Å². The fourth-order valence-corrected chi connectivity index (χ4v) is 5.09. The van der Waals surface area contributed by atoms with Crippen LogP contribution in [0.5, 0.6) is 0 Å². The SMILES string of the molecule is CC1C2CNCC2CN1S(=O)(=O)c1cccc(C#N)c1. The van der Waals surface area contributed by atoms with Gasteiger partial charge in [-0.05, 0) is 50.0 Å². The molecule has 0 saturated carbocycles. The molecule has 1 aromatic rings. The summed E-state index contributed by atoms with van der Waals surface area (Å²) < 4.78 is 27.1. The Labute approximate surface area is 119 Å². The minimum atomic E-state index is -3.51. The van der Waals surface area contributed by atoms with Crippen molar-refractivity contribution in [3.05, 3.63) is 29.8 Å². The summed E-state index contributed by atoms with van der Waals surface area (Å²) in [5.41, 5.74) is 0.375. The molecule has 0 bridgehead atoms. The molecule has 0 spiro atoms. The number of sulfonamides is 1. The van der Waals surface area contributed by atoms with Crippen LogP contribution in [0, 0.1) is 23.2 Å². The molecular weight excluding hydrogens is 274 g/mol. The summed E-state index contributed by atoms with van der Waals surface area (Å²) in [4.78, 5) is 0.219. The highest BCUT2D eigenvalue weighted by Gasteiger charge is 2.46. The first-order valence-electron chi connectivity index (χ1n) is 6.77. The third kappa shape index (κ3) is 2.03. The number of nitrogens with one attached hydrogen (secondary N) is 1. The number of fused-ring (bicyclic) bond motifs is 1. The van der Waals surface area contributed by atoms with E-state index in [1.165, 1.54) is 6.07 Å². The van der Waals surface area contributed by atoms with Gasteiger partial charge in [-0.25, -0.2) is 8.42 Å². The predicted octanol–water partition coefficient (Wildman–Crippen LogP) is 0.787. The monoisotopic (exact) mass is 291 g/mol. The van der Waals surface area contributed by atoms with Crippen molar-refractivity contribution >= 4 is 10.0 Å². The molecule has 0 radical (unpaired) electrons. The molecule has 0 aromatic heterocycles. The summed E-state index contributed by atoms with van der Waals surface area (Å²) >= 11 is 0. The van der Waals surface area contributed by atoms with Gasteiger partial charge in [0.25, 0.3) is 0 Å². The highest BCUT2D eigenvalue weighted by molar-refractivity contribution is 7.89. The molecule has 2 aliphatic heterocycles. The smallest absolute Gasteiger partial charge is 0.243 e. The van der Waals surface area contributed by atoms with Crippen molar-refractivity contribution in [3.8, 4) is 6.07 Å². The van der Waals surface area contributed by atoms with Gasteiger partial charge in [0.1, 0.15) is 0 Å². The molecule has 2 fully saturated rings. The lowest BCUT2D eigenvalue weighted by Crippen LogP contribution is -2.38. The van der Waals surface area contributed by atoms with Crippen molar-refractivity contribution in [2.45, 2.75) is 17.9 Å². The van der Waals surface area contributed by atoms with Gasteiger partial charge < -0.3 is 5.32 Å². The van der Waals surface area contributed by atoms with Crippen LogP contribution in [0.2, 0.25) is 0 Å². The maximum absolute atomic E-state index is 12.7. The van der Waals surface area contributed by atoms with Gasteiger partial charge in [-0.15, -0.1) is 0 Å². The van der Waals surface area contributed by atoms with E-state index in [0.29, 0.717) is 23.9 Å². The molecule has 1 N–H and O–H groups in total. The van der Waals surface area contributed by atoms with Crippen molar-refractivity contribution in [2.75, 3.05) is 19.6 Å². The van der Waals surface area contributed by atoms with Crippen molar-refractivity contribution in [1.82, 2.24) is 9.62 Å². The van der Waals surface area contributed by atoms with Crippen LogP contribution in [0.4, 0.5) is 0 Å². The zero-order valence-corrected chi connectivity index (χ0v) is 12.1. The van der Waals surface area contributed by atoms with Crippen LogP contribution < -0.4 is 5.32 Å². The lowest BCUT2D eigenvalue weighted by Gasteiger charge is -2.23. The van der Waals surface area contributed by atoms with Gasteiger partial charge in [0, 0.05) is 12.6 Å². The van der Waals surface area contributed by atoms with Crippen LogP contribution in [0.15, 0.2) is 29.2 Å². The summed E-state index contributed by atoms with van der Waals surface area (Å²) in [6.07, 6.45) is 0. The van der Waals surface area contributed by atoms with Crippen LogP contribution in [-0.4, -0.2) is 38.4 Å². The second-order valence-corrected chi connectivity index (χ2v) is 7.43. The van der Waals surface area contributed by atoms with Gasteiger partial charge in [0.05, 0.1) is 16.5 Å². The lowest BCUT2D eigenvalue weighted by atomic mass is 9.95. The average molecular weight is 291 g/mol. The normalized spacial score (nSPS) is 30.1. The lowest BCUT2D eigenvalue weighted by molar-refractivity contribution is 0.360. The second-order valence-electron chi connectivity index (χ2n) is 5.54. The first-order valence-corrected chi connectivity index (χ1v) is 8.21. The Morgan fingerprint density at radius 3 is 2.90 bits per heavy atom. The zero-order chi connectivity index (χ0) is 14.3. The third-order valence-electron chi connectivity index (χ3n) is 4.45. The highest BCUT2D eigenvalue weighted by Crippen LogP contribution is 2.36. The Morgan fingerprint density at radius 1 is 1.40 bits per heavy atom. The van der Waals surface area contributed by atoms with Crippen molar-refractivity contribution < 1.29 is 8.42 Å². The van der Waals surface area contributed by atoms with E-state index in [1.807, 2.05) is 13.0 Å². The van der Waals surface area contributed by atoms with Gasteiger partial charge in [-0.2, -0.15) is 9.57 Å². The molecule has 20 heavy (non-hydrogen) atoms. The van der Waals surface area contributed by atoms with Gasteiger partial charge in [0.2, 0.25) is 10.0 Å². The number of benzene rings is 1. The Kier molecular flexibility index (Phi) is 3.28. The molecule has 1 aromatic carbocycles. The molecule has 6 heteroatoms.